The van der Waals surface area contributed by atoms with E-state index in [0.29, 0.717) is 18.8 Å². The first-order valence-corrected chi connectivity index (χ1v) is 7.82. The molecule has 1 unspecified atom stereocenters. The molecule has 0 spiro atoms. The summed E-state index contributed by atoms with van der Waals surface area (Å²) in [5.41, 5.74) is -0.169. The van der Waals surface area contributed by atoms with Crippen molar-refractivity contribution in [2.24, 2.45) is 5.92 Å². The van der Waals surface area contributed by atoms with E-state index in [4.69, 9.17) is 13.9 Å². The first-order valence-electron chi connectivity index (χ1n) is 7.82. The van der Waals surface area contributed by atoms with Crippen molar-refractivity contribution in [2.45, 2.75) is 52.1 Å². The molecule has 0 saturated carbocycles. The van der Waals surface area contributed by atoms with E-state index in [2.05, 4.69) is 0 Å². The summed E-state index contributed by atoms with van der Waals surface area (Å²) < 4.78 is 15.8. The van der Waals surface area contributed by atoms with Crippen molar-refractivity contribution in [3.05, 3.63) is 24.2 Å². The van der Waals surface area contributed by atoms with Crippen LogP contribution in [0.1, 0.15) is 45.8 Å². The second kappa shape index (κ2) is 9.35. The minimum atomic E-state index is -1.03. The number of carbonyl (C=O) groups is 2. The second-order valence-corrected chi connectivity index (χ2v) is 6.41. The van der Waals surface area contributed by atoms with Gasteiger partial charge in [-0.25, -0.2) is 0 Å². The molecule has 1 heterocycles. The fourth-order valence-corrected chi connectivity index (χ4v) is 1.95. The number of rotatable bonds is 10. The Balaban J connectivity index is 2.21. The van der Waals surface area contributed by atoms with E-state index in [1.807, 2.05) is 20.8 Å². The van der Waals surface area contributed by atoms with Crippen LogP contribution in [0.25, 0.3) is 0 Å². The van der Waals surface area contributed by atoms with E-state index < -0.39 is 17.9 Å². The van der Waals surface area contributed by atoms with E-state index in [1.54, 1.807) is 12.1 Å². The number of carbonyl (C=O) groups excluding carboxylic acids is 1. The highest BCUT2D eigenvalue weighted by molar-refractivity contribution is 5.78. The van der Waals surface area contributed by atoms with Crippen LogP contribution in [0.3, 0.4) is 0 Å². The van der Waals surface area contributed by atoms with E-state index >= 15 is 0 Å². The summed E-state index contributed by atoms with van der Waals surface area (Å²) in [6.45, 7) is 6.84. The van der Waals surface area contributed by atoms with Crippen molar-refractivity contribution in [1.29, 1.82) is 0 Å². The SMILES string of the molecule is CC(C)(C)OCCCCOC(=O)CC(Cc1ccco1)C(=O)O. The van der Waals surface area contributed by atoms with Crippen LogP contribution in [0.5, 0.6) is 0 Å². The van der Waals surface area contributed by atoms with E-state index in [9.17, 15) is 14.7 Å². The van der Waals surface area contributed by atoms with E-state index in [-0.39, 0.29) is 25.0 Å². The third-order valence-corrected chi connectivity index (χ3v) is 3.13. The van der Waals surface area contributed by atoms with Crippen LogP contribution in [-0.2, 0) is 25.5 Å². The van der Waals surface area contributed by atoms with Gasteiger partial charge in [-0.2, -0.15) is 0 Å². The van der Waals surface area contributed by atoms with Gasteiger partial charge in [0.05, 0.1) is 30.8 Å². The molecule has 0 aromatic carbocycles. The largest absolute Gasteiger partial charge is 0.481 e. The predicted molar refractivity (Wildman–Crippen MR) is 84.1 cm³/mol. The molecule has 0 radical (unpaired) electrons. The van der Waals surface area contributed by atoms with Gasteiger partial charge in [-0.1, -0.05) is 0 Å². The third-order valence-electron chi connectivity index (χ3n) is 3.13. The minimum absolute atomic E-state index is 0.158. The zero-order chi connectivity index (χ0) is 17.3. The Morgan fingerprint density at radius 2 is 1.96 bits per heavy atom. The molecule has 1 aromatic heterocycles. The summed E-state index contributed by atoms with van der Waals surface area (Å²) in [4.78, 5) is 22.9. The van der Waals surface area contributed by atoms with Gasteiger partial charge < -0.3 is 19.0 Å². The maximum atomic E-state index is 11.7. The van der Waals surface area contributed by atoms with Crippen LogP contribution in [0.15, 0.2) is 22.8 Å². The molecule has 0 saturated heterocycles. The topological polar surface area (TPSA) is 86.0 Å². The van der Waals surface area contributed by atoms with Gasteiger partial charge in [0, 0.05) is 13.0 Å². The summed E-state index contributed by atoms with van der Waals surface area (Å²) in [5, 5.41) is 9.17. The standard InChI is InChI=1S/C17H26O6/c1-17(2,3)23-10-5-4-8-22-15(18)12-13(16(19)20)11-14-7-6-9-21-14/h6-7,9,13H,4-5,8,10-12H2,1-3H3,(H,19,20). The normalized spacial score (nSPS) is 12.8. The van der Waals surface area contributed by atoms with Crippen molar-refractivity contribution in [2.75, 3.05) is 13.2 Å². The number of unbranched alkanes of at least 4 members (excludes halogenated alkanes) is 1. The summed E-state index contributed by atoms with van der Waals surface area (Å²) in [6.07, 6.45) is 2.98. The van der Waals surface area contributed by atoms with Gasteiger partial charge in [0.25, 0.3) is 0 Å². The van der Waals surface area contributed by atoms with Gasteiger partial charge in [-0.15, -0.1) is 0 Å². The van der Waals surface area contributed by atoms with Crippen LogP contribution < -0.4 is 0 Å². The molecule has 0 aliphatic heterocycles. The lowest BCUT2D eigenvalue weighted by Gasteiger charge is -2.19. The molecule has 1 rings (SSSR count). The van der Waals surface area contributed by atoms with Crippen LogP contribution >= 0.6 is 0 Å². The molecule has 0 bridgehead atoms. The summed E-state index contributed by atoms with van der Waals surface area (Å²) >= 11 is 0. The molecule has 23 heavy (non-hydrogen) atoms. The first-order chi connectivity index (χ1) is 10.8. The van der Waals surface area contributed by atoms with Gasteiger partial charge in [0.15, 0.2) is 0 Å². The average Bonchev–Trinajstić information content (AvgIpc) is 2.93. The average molecular weight is 326 g/mol. The lowest BCUT2D eigenvalue weighted by Crippen LogP contribution is -2.22. The highest BCUT2D eigenvalue weighted by Gasteiger charge is 2.23. The lowest BCUT2D eigenvalue weighted by atomic mass is 10.0. The number of carboxylic acid groups (broad SMARTS) is 1. The van der Waals surface area contributed by atoms with Gasteiger partial charge in [-0.05, 0) is 45.7 Å². The Labute approximate surface area is 136 Å². The number of carboxylic acids is 1. The Bertz CT molecular complexity index is 472. The molecule has 0 aliphatic carbocycles. The maximum absolute atomic E-state index is 11.7. The van der Waals surface area contributed by atoms with Crippen molar-refractivity contribution >= 4 is 11.9 Å². The highest BCUT2D eigenvalue weighted by atomic mass is 16.5. The maximum Gasteiger partial charge on any atom is 0.307 e. The molecule has 1 N–H and O–H groups in total. The smallest absolute Gasteiger partial charge is 0.307 e. The Morgan fingerprint density at radius 1 is 1.26 bits per heavy atom. The highest BCUT2D eigenvalue weighted by Crippen LogP contribution is 2.14. The molecule has 0 fully saturated rings. The monoisotopic (exact) mass is 326 g/mol. The van der Waals surface area contributed by atoms with Crippen LogP contribution in [0, 0.1) is 5.92 Å². The lowest BCUT2D eigenvalue weighted by molar-refractivity contribution is -0.151. The summed E-state index contributed by atoms with van der Waals surface area (Å²) in [7, 11) is 0. The number of hydrogen-bond acceptors (Lipinski definition) is 5. The Morgan fingerprint density at radius 3 is 2.52 bits per heavy atom. The van der Waals surface area contributed by atoms with E-state index in [0.717, 1.165) is 6.42 Å². The van der Waals surface area contributed by atoms with Crippen LogP contribution in [-0.4, -0.2) is 35.9 Å². The molecule has 130 valence electrons. The quantitative estimate of drug-likeness (QED) is 0.525. The van der Waals surface area contributed by atoms with Gasteiger partial charge in [-0.3, -0.25) is 9.59 Å². The van der Waals surface area contributed by atoms with Gasteiger partial charge in [0.1, 0.15) is 5.76 Å². The van der Waals surface area contributed by atoms with Crippen LogP contribution in [0.4, 0.5) is 0 Å². The molecule has 0 amide bonds. The Kier molecular flexibility index (Phi) is 7.81. The molecule has 1 atom stereocenters. The number of furan rings is 1. The summed E-state index contributed by atoms with van der Waals surface area (Å²) in [5.74, 6) is -1.82. The molecular weight excluding hydrogens is 300 g/mol. The van der Waals surface area contributed by atoms with Gasteiger partial charge in [0.2, 0.25) is 0 Å². The third kappa shape index (κ3) is 9.03. The van der Waals surface area contributed by atoms with Crippen molar-refractivity contribution in [3.63, 3.8) is 0 Å². The fraction of sp³-hybridized carbons (Fsp3) is 0.647. The van der Waals surface area contributed by atoms with Crippen molar-refractivity contribution < 1.29 is 28.6 Å². The minimum Gasteiger partial charge on any atom is -0.481 e. The van der Waals surface area contributed by atoms with Crippen molar-refractivity contribution in [3.8, 4) is 0 Å². The first kappa shape index (κ1) is 19.2. The molecule has 6 nitrogen and oxygen atoms in total. The molecular formula is C17H26O6. The zero-order valence-corrected chi connectivity index (χ0v) is 14.0. The predicted octanol–water partition coefficient (Wildman–Crippen LogP) is 3.05. The zero-order valence-electron chi connectivity index (χ0n) is 14.0. The second-order valence-electron chi connectivity index (χ2n) is 6.41. The number of ether oxygens (including phenoxy) is 2. The van der Waals surface area contributed by atoms with Gasteiger partial charge >= 0.3 is 11.9 Å². The number of esters is 1. The molecule has 1 aromatic rings. The fourth-order valence-electron chi connectivity index (χ4n) is 1.95. The number of aliphatic carboxylic acids is 1. The Hall–Kier alpha value is -1.82. The van der Waals surface area contributed by atoms with E-state index in [1.165, 1.54) is 6.26 Å². The molecule has 0 aliphatic rings. The number of hydrogen-bond donors (Lipinski definition) is 1. The molecule has 6 heteroatoms. The summed E-state index contributed by atoms with van der Waals surface area (Å²) in [6, 6.07) is 3.38. The van der Waals surface area contributed by atoms with Crippen molar-refractivity contribution in [1.82, 2.24) is 0 Å². The van der Waals surface area contributed by atoms with Crippen LogP contribution in [0.2, 0.25) is 0 Å².